The maximum atomic E-state index is 9.23. The first-order chi connectivity index (χ1) is 15.7. The van der Waals surface area contributed by atoms with Crippen LogP contribution in [-0.2, 0) is 0 Å². The summed E-state index contributed by atoms with van der Waals surface area (Å²) < 4.78 is 6.15. The topological polar surface area (TPSA) is 88.4 Å². The van der Waals surface area contributed by atoms with Gasteiger partial charge < -0.3 is 24.7 Å². The number of aromatic nitrogens is 2. The highest BCUT2D eigenvalue weighted by Crippen LogP contribution is 2.33. The third-order valence-electron chi connectivity index (χ3n) is 5.92. The molecule has 3 heterocycles. The Hall–Kier alpha value is -2.17. The average molecular weight is 463 g/mol. The van der Waals surface area contributed by atoms with Crippen LogP contribution in [0.1, 0.15) is 0 Å². The summed E-state index contributed by atoms with van der Waals surface area (Å²) in [7, 11) is 0. The zero-order valence-corrected chi connectivity index (χ0v) is 19.0. The molecule has 0 unspecified atom stereocenters. The fourth-order valence-electron chi connectivity index (χ4n) is 4.07. The highest BCUT2D eigenvalue weighted by Gasteiger charge is 2.25. The summed E-state index contributed by atoms with van der Waals surface area (Å²) in [5.41, 5.74) is 0. The van der Waals surface area contributed by atoms with E-state index in [0.29, 0.717) is 35.6 Å². The molecular formula is C22H31ClN6O3. The number of anilines is 2. The molecule has 2 aliphatic rings. The number of benzene rings is 1. The Balaban J connectivity index is 1.54. The molecule has 2 N–H and O–H groups in total. The van der Waals surface area contributed by atoms with Gasteiger partial charge in [-0.25, -0.2) is 4.98 Å². The van der Waals surface area contributed by atoms with Gasteiger partial charge in [-0.05, 0) is 24.3 Å². The molecule has 1 aromatic carbocycles. The van der Waals surface area contributed by atoms with Gasteiger partial charge in [0.1, 0.15) is 5.75 Å². The van der Waals surface area contributed by atoms with Crippen LogP contribution >= 0.6 is 11.6 Å². The van der Waals surface area contributed by atoms with Gasteiger partial charge >= 0.3 is 0 Å². The number of aliphatic hydroxyl groups excluding tert-OH is 2. The van der Waals surface area contributed by atoms with Crippen molar-refractivity contribution in [3.05, 3.63) is 35.5 Å². The van der Waals surface area contributed by atoms with Crippen molar-refractivity contribution in [2.45, 2.75) is 0 Å². The summed E-state index contributed by atoms with van der Waals surface area (Å²) in [6, 6.07) is 7.26. The molecule has 2 aliphatic heterocycles. The number of aliphatic hydroxyl groups is 2. The number of β-amino-alcohol motifs (C(OH)–C–C–N with tert-alkyl or cyclic N) is 2. The highest BCUT2D eigenvalue weighted by molar-refractivity contribution is 6.30. The van der Waals surface area contributed by atoms with Gasteiger partial charge in [0.15, 0.2) is 11.6 Å². The van der Waals surface area contributed by atoms with E-state index in [0.717, 1.165) is 58.2 Å². The number of hydrogen-bond donors (Lipinski definition) is 2. The summed E-state index contributed by atoms with van der Waals surface area (Å²) in [5, 5.41) is 19.1. The molecule has 0 aliphatic carbocycles. The molecule has 32 heavy (non-hydrogen) atoms. The Morgan fingerprint density at radius 2 is 1.38 bits per heavy atom. The molecule has 174 valence electrons. The molecule has 4 rings (SSSR count). The van der Waals surface area contributed by atoms with Crippen molar-refractivity contribution in [1.29, 1.82) is 0 Å². The second-order valence-electron chi connectivity index (χ2n) is 8.02. The van der Waals surface area contributed by atoms with Crippen LogP contribution in [0.5, 0.6) is 11.5 Å². The Morgan fingerprint density at radius 1 is 0.812 bits per heavy atom. The maximum Gasteiger partial charge on any atom is 0.227 e. The minimum Gasteiger partial charge on any atom is -0.452 e. The SMILES string of the molecule is OCCN1CCN(c2ncc(Oc3ccc(Cl)cc3)c(N3CCN(CCO)CC3)n2)CC1. The van der Waals surface area contributed by atoms with Gasteiger partial charge in [0.2, 0.25) is 5.95 Å². The molecular weight excluding hydrogens is 432 g/mol. The monoisotopic (exact) mass is 462 g/mol. The van der Waals surface area contributed by atoms with E-state index in [1.807, 2.05) is 12.1 Å². The maximum absolute atomic E-state index is 9.23. The first-order valence-electron chi connectivity index (χ1n) is 11.1. The van der Waals surface area contributed by atoms with Gasteiger partial charge in [0, 0.05) is 70.5 Å². The number of rotatable bonds is 8. The summed E-state index contributed by atoms with van der Waals surface area (Å²) in [6.45, 7) is 8.47. The van der Waals surface area contributed by atoms with Gasteiger partial charge in [0.25, 0.3) is 0 Å². The fourth-order valence-corrected chi connectivity index (χ4v) is 4.20. The zero-order valence-electron chi connectivity index (χ0n) is 18.2. The van der Waals surface area contributed by atoms with Gasteiger partial charge in [-0.3, -0.25) is 9.80 Å². The molecule has 2 saturated heterocycles. The minimum atomic E-state index is 0.171. The quantitative estimate of drug-likeness (QED) is 0.599. The van der Waals surface area contributed by atoms with Gasteiger partial charge in [-0.2, -0.15) is 4.98 Å². The molecule has 10 heteroatoms. The summed E-state index contributed by atoms with van der Waals surface area (Å²) in [4.78, 5) is 18.5. The molecule has 0 bridgehead atoms. The summed E-state index contributed by atoms with van der Waals surface area (Å²) >= 11 is 6.01. The highest BCUT2D eigenvalue weighted by atomic mass is 35.5. The molecule has 2 fully saturated rings. The molecule has 0 spiro atoms. The first-order valence-corrected chi connectivity index (χ1v) is 11.5. The predicted octanol–water partition coefficient (Wildman–Crippen LogP) is 1.15. The van der Waals surface area contributed by atoms with E-state index in [9.17, 15) is 10.2 Å². The minimum absolute atomic E-state index is 0.171. The van der Waals surface area contributed by atoms with Crippen LogP contribution in [0.25, 0.3) is 0 Å². The van der Waals surface area contributed by atoms with Crippen LogP contribution < -0.4 is 14.5 Å². The lowest BCUT2D eigenvalue weighted by atomic mass is 10.3. The van der Waals surface area contributed by atoms with Crippen molar-refractivity contribution in [2.75, 3.05) is 88.5 Å². The van der Waals surface area contributed by atoms with E-state index in [1.54, 1.807) is 18.3 Å². The molecule has 0 atom stereocenters. The van der Waals surface area contributed by atoms with E-state index in [2.05, 4.69) is 24.6 Å². The normalized spacial score (nSPS) is 18.2. The van der Waals surface area contributed by atoms with Crippen molar-refractivity contribution in [1.82, 2.24) is 19.8 Å². The molecule has 0 radical (unpaired) electrons. The summed E-state index contributed by atoms with van der Waals surface area (Å²) in [5.74, 6) is 2.78. The van der Waals surface area contributed by atoms with E-state index in [4.69, 9.17) is 21.3 Å². The number of ether oxygens (including phenoxy) is 1. The second-order valence-corrected chi connectivity index (χ2v) is 8.45. The van der Waals surface area contributed by atoms with Crippen LogP contribution in [0.4, 0.5) is 11.8 Å². The fraction of sp³-hybridized carbons (Fsp3) is 0.545. The largest absolute Gasteiger partial charge is 0.452 e. The van der Waals surface area contributed by atoms with E-state index >= 15 is 0 Å². The zero-order chi connectivity index (χ0) is 22.3. The second kappa shape index (κ2) is 11.1. The van der Waals surface area contributed by atoms with Crippen LogP contribution in [-0.4, -0.2) is 109 Å². The Morgan fingerprint density at radius 3 is 1.94 bits per heavy atom. The van der Waals surface area contributed by atoms with Crippen molar-refractivity contribution in [3.63, 3.8) is 0 Å². The molecule has 1 aromatic heterocycles. The number of hydrogen-bond acceptors (Lipinski definition) is 9. The van der Waals surface area contributed by atoms with Crippen molar-refractivity contribution < 1.29 is 14.9 Å². The Labute approximate surface area is 193 Å². The lowest BCUT2D eigenvalue weighted by molar-refractivity contribution is 0.188. The molecule has 0 saturated carbocycles. The lowest BCUT2D eigenvalue weighted by Gasteiger charge is -2.37. The van der Waals surface area contributed by atoms with E-state index in [1.165, 1.54) is 0 Å². The van der Waals surface area contributed by atoms with Crippen LogP contribution in [0.3, 0.4) is 0 Å². The van der Waals surface area contributed by atoms with Crippen molar-refractivity contribution in [2.24, 2.45) is 0 Å². The van der Waals surface area contributed by atoms with Crippen LogP contribution in [0.15, 0.2) is 30.5 Å². The van der Waals surface area contributed by atoms with E-state index < -0.39 is 0 Å². The number of piperazine rings is 2. The van der Waals surface area contributed by atoms with Gasteiger partial charge in [-0.15, -0.1) is 0 Å². The third-order valence-corrected chi connectivity index (χ3v) is 6.18. The molecule has 2 aromatic rings. The molecule has 9 nitrogen and oxygen atoms in total. The standard InChI is InChI=1S/C22H31ClN6O3/c23-18-1-3-19(4-2-18)32-20-17-24-22(29-11-7-27(8-12-29)14-16-31)25-21(20)28-9-5-26(6-10-28)13-15-30/h1-4,17,30-31H,5-16H2. The van der Waals surface area contributed by atoms with E-state index in [-0.39, 0.29) is 13.2 Å². The van der Waals surface area contributed by atoms with Crippen LogP contribution in [0, 0.1) is 0 Å². The summed E-state index contributed by atoms with van der Waals surface area (Å²) in [6.07, 6.45) is 1.76. The van der Waals surface area contributed by atoms with Gasteiger partial charge in [0.05, 0.1) is 19.4 Å². The lowest BCUT2D eigenvalue weighted by Crippen LogP contribution is -2.48. The van der Waals surface area contributed by atoms with Crippen LogP contribution in [0.2, 0.25) is 5.02 Å². The smallest absolute Gasteiger partial charge is 0.227 e. The number of nitrogens with zero attached hydrogens (tertiary/aromatic N) is 6. The van der Waals surface area contributed by atoms with Crippen molar-refractivity contribution >= 4 is 23.4 Å². The Kier molecular flexibility index (Phi) is 7.99. The van der Waals surface area contributed by atoms with Gasteiger partial charge in [-0.1, -0.05) is 11.6 Å². The first kappa shape index (κ1) is 23.0. The predicted molar refractivity (Wildman–Crippen MR) is 125 cm³/mol. The van der Waals surface area contributed by atoms with Crippen molar-refractivity contribution in [3.8, 4) is 11.5 Å². The third kappa shape index (κ3) is 5.79. The average Bonchev–Trinajstić information content (AvgIpc) is 2.82. The number of halogens is 1. The Bertz CT molecular complexity index is 855. The molecule has 0 amide bonds.